The number of rotatable bonds is 11. The molecule has 0 aliphatic heterocycles. The normalized spacial score (nSPS) is 10.5. The second-order valence-electron chi connectivity index (χ2n) is 7.26. The van der Waals surface area contributed by atoms with Gasteiger partial charge in [0.15, 0.2) is 0 Å². The second kappa shape index (κ2) is 12.0. The molecular formula is C24H32N2O2. The van der Waals surface area contributed by atoms with Crippen LogP contribution >= 0.6 is 0 Å². The van der Waals surface area contributed by atoms with Crippen LogP contribution in [0, 0.1) is 13.8 Å². The minimum Gasteiger partial charge on any atom is -0.352 e. The number of carbonyl (C=O) groups is 2. The standard InChI is InChI=1S/C24H32N2O2/c1-19-13-7-9-15-21(19)23(27)25-17-11-5-3-4-6-12-18-26-24(28)22-16-10-8-14-20(22)2/h7-10,13-16H,3-6,11-12,17-18H2,1-2H3,(H,25,27)(H,26,28). The van der Waals surface area contributed by atoms with Crippen molar-refractivity contribution in [1.29, 1.82) is 0 Å². The van der Waals surface area contributed by atoms with Crippen LogP contribution in [0.25, 0.3) is 0 Å². The van der Waals surface area contributed by atoms with Crippen molar-refractivity contribution < 1.29 is 9.59 Å². The fraction of sp³-hybridized carbons (Fsp3) is 0.417. The fourth-order valence-corrected chi connectivity index (χ4v) is 3.21. The van der Waals surface area contributed by atoms with Gasteiger partial charge >= 0.3 is 0 Å². The van der Waals surface area contributed by atoms with E-state index < -0.39 is 0 Å². The summed E-state index contributed by atoms with van der Waals surface area (Å²) in [5, 5.41) is 5.99. The van der Waals surface area contributed by atoms with Crippen LogP contribution in [0.1, 0.15) is 70.4 Å². The van der Waals surface area contributed by atoms with Gasteiger partial charge in [-0.2, -0.15) is 0 Å². The molecule has 0 saturated carbocycles. The summed E-state index contributed by atoms with van der Waals surface area (Å²) < 4.78 is 0. The van der Waals surface area contributed by atoms with Crippen molar-refractivity contribution in [2.75, 3.05) is 13.1 Å². The van der Waals surface area contributed by atoms with E-state index in [1.54, 1.807) is 0 Å². The fourth-order valence-electron chi connectivity index (χ4n) is 3.21. The van der Waals surface area contributed by atoms with Crippen molar-refractivity contribution in [3.8, 4) is 0 Å². The Hall–Kier alpha value is -2.62. The van der Waals surface area contributed by atoms with Crippen molar-refractivity contribution >= 4 is 11.8 Å². The van der Waals surface area contributed by atoms with E-state index in [-0.39, 0.29) is 11.8 Å². The number of benzene rings is 2. The Morgan fingerprint density at radius 1 is 0.607 bits per heavy atom. The van der Waals surface area contributed by atoms with Gasteiger partial charge in [-0.3, -0.25) is 9.59 Å². The number of amides is 2. The van der Waals surface area contributed by atoms with Gasteiger partial charge in [0.2, 0.25) is 0 Å². The first-order valence-corrected chi connectivity index (χ1v) is 10.3. The maximum atomic E-state index is 12.1. The molecule has 150 valence electrons. The second-order valence-corrected chi connectivity index (χ2v) is 7.26. The van der Waals surface area contributed by atoms with Crippen molar-refractivity contribution in [3.63, 3.8) is 0 Å². The summed E-state index contributed by atoms with van der Waals surface area (Å²) in [6, 6.07) is 15.3. The zero-order valence-electron chi connectivity index (χ0n) is 17.1. The third kappa shape index (κ3) is 7.18. The van der Waals surface area contributed by atoms with E-state index in [0.717, 1.165) is 73.9 Å². The third-order valence-corrected chi connectivity index (χ3v) is 4.95. The lowest BCUT2D eigenvalue weighted by Gasteiger charge is -2.08. The number of unbranched alkanes of at least 4 members (excludes halogenated alkanes) is 5. The first kappa shape index (κ1) is 21.7. The molecular weight excluding hydrogens is 348 g/mol. The van der Waals surface area contributed by atoms with Gasteiger partial charge in [-0.1, -0.05) is 62.1 Å². The molecule has 2 N–H and O–H groups in total. The SMILES string of the molecule is Cc1ccccc1C(=O)NCCCCCCCCNC(=O)c1ccccc1C. The van der Waals surface area contributed by atoms with Gasteiger partial charge < -0.3 is 10.6 Å². The molecule has 28 heavy (non-hydrogen) atoms. The molecule has 0 heterocycles. The molecule has 0 bridgehead atoms. The van der Waals surface area contributed by atoms with E-state index in [0.29, 0.717) is 0 Å². The van der Waals surface area contributed by atoms with Gasteiger partial charge in [0.25, 0.3) is 11.8 Å². The van der Waals surface area contributed by atoms with E-state index in [9.17, 15) is 9.59 Å². The smallest absolute Gasteiger partial charge is 0.251 e. The molecule has 4 heteroatoms. The molecule has 0 aliphatic rings. The summed E-state index contributed by atoms with van der Waals surface area (Å²) in [5.74, 6) is 0.0324. The van der Waals surface area contributed by atoms with Crippen LogP contribution < -0.4 is 10.6 Å². The van der Waals surface area contributed by atoms with E-state index >= 15 is 0 Å². The van der Waals surface area contributed by atoms with Crippen molar-refractivity contribution in [2.24, 2.45) is 0 Å². The molecule has 2 amide bonds. The lowest BCUT2D eigenvalue weighted by atomic mass is 10.1. The van der Waals surface area contributed by atoms with Gasteiger partial charge in [-0.05, 0) is 49.9 Å². The van der Waals surface area contributed by atoms with E-state index in [2.05, 4.69) is 10.6 Å². The van der Waals surface area contributed by atoms with Crippen LogP contribution in [-0.4, -0.2) is 24.9 Å². The quantitative estimate of drug-likeness (QED) is 0.550. The predicted octanol–water partition coefficient (Wildman–Crippen LogP) is 4.80. The molecule has 0 unspecified atom stereocenters. The third-order valence-electron chi connectivity index (χ3n) is 4.95. The molecule has 0 fully saturated rings. The average Bonchev–Trinajstić information content (AvgIpc) is 2.69. The zero-order chi connectivity index (χ0) is 20.2. The van der Waals surface area contributed by atoms with Gasteiger partial charge in [0.1, 0.15) is 0 Å². The molecule has 0 spiro atoms. The van der Waals surface area contributed by atoms with Crippen molar-refractivity contribution in [2.45, 2.75) is 52.4 Å². The molecule has 2 aromatic carbocycles. The molecule has 2 rings (SSSR count). The van der Waals surface area contributed by atoms with Crippen LogP contribution in [0.4, 0.5) is 0 Å². The van der Waals surface area contributed by atoms with E-state index in [4.69, 9.17) is 0 Å². The highest BCUT2D eigenvalue weighted by Gasteiger charge is 2.07. The minimum absolute atomic E-state index is 0.0162. The summed E-state index contributed by atoms with van der Waals surface area (Å²) in [4.78, 5) is 24.2. The summed E-state index contributed by atoms with van der Waals surface area (Å²) in [7, 11) is 0. The van der Waals surface area contributed by atoms with Crippen LogP contribution in [0.3, 0.4) is 0 Å². The Bertz CT molecular complexity index is 705. The Labute approximate surface area is 168 Å². The average molecular weight is 381 g/mol. The van der Waals surface area contributed by atoms with Gasteiger partial charge in [0.05, 0.1) is 0 Å². The number of carbonyl (C=O) groups excluding carboxylic acids is 2. The summed E-state index contributed by atoms with van der Waals surface area (Å²) in [6.07, 6.45) is 6.55. The Balaban J connectivity index is 1.47. The van der Waals surface area contributed by atoms with Crippen molar-refractivity contribution in [3.05, 3.63) is 70.8 Å². The maximum absolute atomic E-state index is 12.1. The summed E-state index contributed by atoms with van der Waals surface area (Å²) in [6.45, 7) is 5.36. The lowest BCUT2D eigenvalue weighted by Crippen LogP contribution is -2.25. The monoisotopic (exact) mass is 380 g/mol. The molecule has 4 nitrogen and oxygen atoms in total. The van der Waals surface area contributed by atoms with Gasteiger partial charge in [-0.15, -0.1) is 0 Å². The summed E-state index contributed by atoms with van der Waals surface area (Å²) >= 11 is 0. The van der Waals surface area contributed by atoms with Crippen LogP contribution in [0.2, 0.25) is 0 Å². The highest BCUT2D eigenvalue weighted by Crippen LogP contribution is 2.09. The number of hydrogen-bond donors (Lipinski definition) is 2. The minimum atomic E-state index is 0.0162. The van der Waals surface area contributed by atoms with Gasteiger partial charge in [-0.25, -0.2) is 0 Å². The molecule has 0 radical (unpaired) electrons. The molecule has 0 aliphatic carbocycles. The maximum Gasteiger partial charge on any atom is 0.251 e. The first-order chi connectivity index (χ1) is 13.6. The number of hydrogen-bond acceptors (Lipinski definition) is 2. The highest BCUT2D eigenvalue weighted by atomic mass is 16.2. The van der Waals surface area contributed by atoms with Crippen LogP contribution in [-0.2, 0) is 0 Å². The summed E-state index contributed by atoms with van der Waals surface area (Å²) in [5.41, 5.74) is 3.54. The zero-order valence-corrected chi connectivity index (χ0v) is 17.1. The lowest BCUT2D eigenvalue weighted by molar-refractivity contribution is 0.0943. The number of aryl methyl sites for hydroxylation is 2. The van der Waals surface area contributed by atoms with Crippen LogP contribution in [0.5, 0.6) is 0 Å². The molecule has 2 aromatic rings. The largest absolute Gasteiger partial charge is 0.352 e. The molecule has 0 aromatic heterocycles. The predicted molar refractivity (Wildman–Crippen MR) is 115 cm³/mol. The van der Waals surface area contributed by atoms with Gasteiger partial charge in [0, 0.05) is 24.2 Å². The van der Waals surface area contributed by atoms with Crippen LogP contribution in [0.15, 0.2) is 48.5 Å². The number of nitrogens with one attached hydrogen (secondary N) is 2. The Morgan fingerprint density at radius 3 is 1.36 bits per heavy atom. The first-order valence-electron chi connectivity index (χ1n) is 10.3. The molecule has 0 saturated heterocycles. The Morgan fingerprint density at radius 2 is 0.964 bits per heavy atom. The highest BCUT2D eigenvalue weighted by molar-refractivity contribution is 5.96. The Kier molecular flexibility index (Phi) is 9.26. The molecule has 0 atom stereocenters. The topological polar surface area (TPSA) is 58.2 Å². The van der Waals surface area contributed by atoms with Crippen molar-refractivity contribution in [1.82, 2.24) is 10.6 Å². The van der Waals surface area contributed by atoms with E-state index in [1.807, 2.05) is 62.4 Å². The van der Waals surface area contributed by atoms with E-state index in [1.165, 1.54) is 0 Å².